The number of amides is 1. The van der Waals surface area contributed by atoms with Crippen molar-refractivity contribution in [1.29, 1.82) is 0 Å². The first kappa shape index (κ1) is 32.3. The minimum Gasteiger partial charge on any atom is -0.465 e. The summed E-state index contributed by atoms with van der Waals surface area (Å²) in [6.45, 7) is 6.32. The van der Waals surface area contributed by atoms with Crippen LogP contribution in [0.1, 0.15) is 77.9 Å². The number of rotatable bonds is 9. The molecule has 3 aliphatic carbocycles. The highest BCUT2D eigenvalue weighted by atomic mass is 19.4. The molecule has 1 aliphatic heterocycles. The largest absolute Gasteiger partial charge is 0.465 e. The van der Waals surface area contributed by atoms with Gasteiger partial charge < -0.3 is 14.4 Å². The predicted molar refractivity (Wildman–Crippen MR) is 154 cm³/mol. The van der Waals surface area contributed by atoms with Gasteiger partial charge in [-0.2, -0.15) is 23.3 Å². The lowest BCUT2D eigenvalue weighted by molar-refractivity contribution is -0.233. The topological polar surface area (TPSA) is 119 Å². The number of anilines is 1. The number of alkyl halides is 4. The molecule has 1 saturated heterocycles. The van der Waals surface area contributed by atoms with Gasteiger partial charge in [-0.05, 0) is 77.7 Å². The van der Waals surface area contributed by atoms with E-state index in [2.05, 4.69) is 20.2 Å². The smallest absolute Gasteiger partial charge is 0.413 e. The normalized spacial score (nSPS) is 24.5. The fourth-order valence-corrected chi connectivity index (χ4v) is 7.54. The van der Waals surface area contributed by atoms with Crippen LogP contribution >= 0.6 is 0 Å². The molecule has 3 aromatic rings. The van der Waals surface area contributed by atoms with E-state index in [4.69, 9.17) is 9.26 Å². The van der Waals surface area contributed by atoms with Crippen LogP contribution in [0.5, 0.6) is 0 Å². The van der Waals surface area contributed by atoms with E-state index in [0.717, 1.165) is 20.0 Å². The van der Waals surface area contributed by atoms with E-state index < -0.39 is 46.0 Å². The number of hydrogen-bond donors (Lipinski definition) is 1. The van der Waals surface area contributed by atoms with Crippen molar-refractivity contribution in [2.75, 3.05) is 18.1 Å². The zero-order valence-electron chi connectivity index (χ0n) is 26.1. The van der Waals surface area contributed by atoms with Crippen molar-refractivity contribution < 1.29 is 41.1 Å². The summed E-state index contributed by atoms with van der Waals surface area (Å²) in [5.41, 5.74) is -5.79. The Morgan fingerprint density at radius 1 is 1.09 bits per heavy atom. The first-order chi connectivity index (χ1) is 21.5. The molecule has 4 aliphatic rings. The number of carbonyl (C=O) groups is 1. The molecule has 3 saturated carbocycles. The Bertz CT molecular complexity index is 1580. The van der Waals surface area contributed by atoms with Crippen LogP contribution in [0.4, 0.5) is 32.6 Å². The molecule has 15 heteroatoms. The first-order valence-corrected chi connectivity index (χ1v) is 15.3. The van der Waals surface area contributed by atoms with Crippen LogP contribution in [-0.4, -0.2) is 61.5 Å². The van der Waals surface area contributed by atoms with Crippen molar-refractivity contribution in [3.05, 3.63) is 42.2 Å². The van der Waals surface area contributed by atoms with Gasteiger partial charge in [-0.3, -0.25) is 9.58 Å². The fraction of sp³-hybridized carbons (Fsp3) is 0.645. The SMILES string of the molecule is CC(C)(F)c1nc(C23CCC(C(N(C(=O)O)c4cc(-c5cnn(CC6COC6)c5)c(F)cn4)C(C)(C)C(F)(F)F)(CC2)CC3)no1. The van der Waals surface area contributed by atoms with Gasteiger partial charge in [0.25, 0.3) is 5.89 Å². The molecular formula is C31H37F5N6O4. The monoisotopic (exact) mass is 652 g/mol. The Labute approximate surface area is 262 Å². The number of pyridine rings is 1. The van der Waals surface area contributed by atoms with Gasteiger partial charge in [0.05, 0.1) is 37.1 Å². The lowest BCUT2D eigenvalue weighted by atomic mass is 9.48. The van der Waals surface area contributed by atoms with Crippen molar-refractivity contribution in [3.63, 3.8) is 0 Å². The van der Waals surface area contributed by atoms with Crippen molar-refractivity contribution in [1.82, 2.24) is 24.9 Å². The molecule has 1 unspecified atom stereocenters. The van der Waals surface area contributed by atoms with E-state index >= 15 is 4.39 Å². The van der Waals surface area contributed by atoms with E-state index in [-0.39, 0.29) is 42.5 Å². The number of ether oxygens (including phenoxy) is 1. The maximum absolute atomic E-state index is 15.2. The molecule has 4 heterocycles. The van der Waals surface area contributed by atoms with Crippen LogP contribution < -0.4 is 4.90 Å². The zero-order chi connectivity index (χ0) is 33.3. The number of hydrogen-bond acceptors (Lipinski definition) is 7. The predicted octanol–water partition coefficient (Wildman–Crippen LogP) is 7.05. The van der Waals surface area contributed by atoms with E-state index in [0.29, 0.717) is 55.3 Å². The Morgan fingerprint density at radius 2 is 1.74 bits per heavy atom. The van der Waals surface area contributed by atoms with Crippen LogP contribution in [0, 0.1) is 22.6 Å². The quantitative estimate of drug-likeness (QED) is 0.244. The molecule has 46 heavy (non-hydrogen) atoms. The Kier molecular flexibility index (Phi) is 7.72. The molecule has 1 atom stereocenters. The van der Waals surface area contributed by atoms with Crippen molar-refractivity contribution in [2.24, 2.45) is 16.7 Å². The minimum atomic E-state index is -4.80. The summed E-state index contributed by atoms with van der Waals surface area (Å²) in [4.78, 5) is 22.1. The van der Waals surface area contributed by atoms with Gasteiger partial charge >= 0.3 is 12.3 Å². The highest BCUT2D eigenvalue weighted by Gasteiger charge is 2.65. The van der Waals surface area contributed by atoms with Gasteiger partial charge in [0.1, 0.15) is 11.6 Å². The number of nitrogens with zero attached hydrogens (tertiary/aromatic N) is 6. The summed E-state index contributed by atoms with van der Waals surface area (Å²) < 4.78 is 86.4. The van der Waals surface area contributed by atoms with Gasteiger partial charge in [-0.25, -0.2) is 18.6 Å². The third-order valence-electron chi connectivity index (χ3n) is 10.4. The van der Waals surface area contributed by atoms with Crippen molar-refractivity contribution in [3.8, 4) is 11.1 Å². The van der Waals surface area contributed by atoms with E-state index in [1.807, 2.05) is 0 Å². The average Bonchev–Trinajstić information content (AvgIpc) is 3.65. The number of carboxylic acid groups (broad SMARTS) is 1. The second-order valence-electron chi connectivity index (χ2n) is 14.2. The highest BCUT2D eigenvalue weighted by Crippen LogP contribution is 2.63. The van der Waals surface area contributed by atoms with Crippen LogP contribution in [0.3, 0.4) is 0 Å². The summed E-state index contributed by atoms with van der Waals surface area (Å²) in [6.07, 6.45) is -0.762. The first-order valence-electron chi connectivity index (χ1n) is 15.3. The van der Waals surface area contributed by atoms with Crippen LogP contribution in [-0.2, 0) is 22.4 Å². The van der Waals surface area contributed by atoms with Gasteiger partial charge in [-0.1, -0.05) is 5.16 Å². The van der Waals surface area contributed by atoms with Gasteiger partial charge in [0, 0.05) is 35.2 Å². The molecule has 0 spiro atoms. The maximum atomic E-state index is 15.2. The van der Waals surface area contributed by atoms with E-state index in [9.17, 15) is 27.5 Å². The molecule has 10 nitrogen and oxygen atoms in total. The lowest BCUT2D eigenvalue weighted by Crippen LogP contribution is -2.65. The summed E-state index contributed by atoms with van der Waals surface area (Å²) in [5, 5.41) is 18.9. The lowest BCUT2D eigenvalue weighted by Gasteiger charge is -2.60. The molecular weight excluding hydrogens is 615 g/mol. The second kappa shape index (κ2) is 11.0. The Morgan fingerprint density at radius 3 is 2.26 bits per heavy atom. The Hall–Kier alpha value is -3.62. The molecule has 0 radical (unpaired) electrons. The van der Waals surface area contributed by atoms with Crippen molar-refractivity contribution >= 4 is 11.9 Å². The highest BCUT2D eigenvalue weighted by molar-refractivity contribution is 5.87. The summed E-state index contributed by atoms with van der Waals surface area (Å²) in [6, 6.07) is -0.420. The van der Waals surface area contributed by atoms with E-state index in [1.165, 1.54) is 26.1 Å². The standard InChI is InChI=1S/C31H37F5N6O4/c1-27(2,31(34,35)36)23(29-5-8-30(9-6-29,10-7-29)24-39-25(46-40-24)28(3,4)33)42(26(43)44)22-11-20(21(32)13-37-22)19-12-38-41(15-19)14-18-16-45-17-18/h11-13,15,18,23H,5-10,14,16-17H2,1-4H3,(H,43,44). The molecule has 7 rings (SSSR count). The molecule has 3 aromatic heterocycles. The van der Waals surface area contributed by atoms with Gasteiger partial charge in [0.2, 0.25) is 0 Å². The third kappa shape index (κ3) is 5.43. The minimum absolute atomic E-state index is 0.0246. The molecule has 0 aromatic carbocycles. The number of aromatic nitrogens is 5. The molecule has 2 bridgehead atoms. The van der Waals surface area contributed by atoms with E-state index in [1.54, 1.807) is 10.9 Å². The number of fused-ring (bicyclic) bond motifs is 3. The van der Waals surface area contributed by atoms with Gasteiger partial charge in [-0.15, -0.1) is 0 Å². The Balaban J connectivity index is 1.37. The molecule has 1 N–H and O–H groups in total. The maximum Gasteiger partial charge on any atom is 0.413 e. The van der Waals surface area contributed by atoms with Crippen molar-refractivity contribution in [2.45, 2.75) is 96.1 Å². The summed E-state index contributed by atoms with van der Waals surface area (Å²) in [7, 11) is 0. The third-order valence-corrected chi connectivity index (χ3v) is 10.4. The number of halogens is 5. The zero-order valence-corrected chi connectivity index (χ0v) is 26.1. The average molecular weight is 653 g/mol. The summed E-state index contributed by atoms with van der Waals surface area (Å²) >= 11 is 0. The van der Waals surface area contributed by atoms with Crippen LogP contribution in [0.25, 0.3) is 11.1 Å². The molecule has 4 fully saturated rings. The molecule has 1 amide bonds. The molecule has 250 valence electrons. The van der Waals surface area contributed by atoms with Crippen LogP contribution in [0.2, 0.25) is 0 Å². The van der Waals surface area contributed by atoms with Gasteiger partial charge in [0.15, 0.2) is 11.5 Å². The fourth-order valence-electron chi connectivity index (χ4n) is 7.54. The van der Waals surface area contributed by atoms with Crippen LogP contribution in [0.15, 0.2) is 29.2 Å². The summed E-state index contributed by atoms with van der Waals surface area (Å²) in [5.74, 6) is -0.663. The second-order valence-corrected chi connectivity index (χ2v) is 14.2.